The molecular weight excluding hydrogens is 116 g/mol. The van der Waals surface area contributed by atoms with E-state index < -0.39 is 0 Å². The van der Waals surface area contributed by atoms with E-state index in [-0.39, 0.29) is 6.10 Å². The summed E-state index contributed by atoms with van der Waals surface area (Å²) in [5.41, 5.74) is 0. The monoisotopic (exact) mass is 129 g/mol. The van der Waals surface area contributed by atoms with Crippen molar-refractivity contribution in [2.75, 3.05) is 0 Å². The molecule has 0 unspecified atom stereocenters. The van der Waals surface area contributed by atoms with Gasteiger partial charge in [-0.05, 0) is 26.7 Å². The molecule has 2 nitrogen and oxygen atoms in total. The maximum atomic E-state index is 5.12. The van der Waals surface area contributed by atoms with Gasteiger partial charge in [-0.2, -0.15) is 0 Å². The largest absolute Gasteiger partial charge is 0.345 e. The van der Waals surface area contributed by atoms with Gasteiger partial charge in [-0.15, -0.1) is 0 Å². The Morgan fingerprint density at radius 3 is 2.56 bits per heavy atom. The first kappa shape index (κ1) is 7.03. The highest BCUT2D eigenvalue weighted by Crippen LogP contribution is 2.24. The molecular formula is C7H13O2. The molecule has 1 aliphatic carbocycles. The van der Waals surface area contributed by atoms with Crippen LogP contribution in [0, 0.1) is 6.79 Å². The molecule has 0 heterocycles. The van der Waals surface area contributed by atoms with Crippen molar-refractivity contribution in [1.82, 2.24) is 0 Å². The Kier molecular flexibility index (Phi) is 2.49. The van der Waals surface area contributed by atoms with Crippen LogP contribution in [0.2, 0.25) is 0 Å². The van der Waals surface area contributed by atoms with Gasteiger partial charge in [0, 0.05) is 0 Å². The zero-order chi connectivity index (χ0) is 6.69. The Morgan fingerprint density at radius 2 is 2.11 bits per heavy atom. The van der Waals surface area contributed by atoms with Gasteiger partial charge in [-0.3, -0.25) is 0 Å². The maximum absolute atomic E-state index is 5.12. The van der Waals surface area contributed by atoms with E-state index in [0.29, 0.717) is 6.10 Å². The second-order valence-electron chi connectivity index (χ2n) is 2.62. The molecule has 2 heteroatoms. The Bertz CT molecular complexity index is 75.0. The summed E-state index contributed by atoms with van der Waals surface area (Å²) in [5, 5.41) is 0. The van der Waals surface area contributed by atoms with E-state index in [1.165, 1.54) is 19.6 Å². The van der Waals surface area contributed by atoms with Crippen LogP contribution in [0.15, 0.2) is 0 Å². The zero-order valence-electron chi connectivity index (χ0n) is 5.96. The Labute approximate surface area is 56.2 Å². The predicted octanol–water partition coefficient (Wildman–Crippen LogP) is 1.71. The summed E-state index contributed by atoms with van der Waals surface area (Å²) in [6, 6.07) is 0. The lowest BCUT2D eigenvalue weighted by Gasteiger charge is -2.04. The van der Waals surface area contributed by atoms with Gasteiger partial charge in [-0.1, -0.05) is 0 Å². The lowest BCUT2D eigenvalue weighted by Crippen LogP contribution is -2.02. The van der Waals surface area contributed by atoms with Crippen molar-refractivity contribution in [3.05, 3.63) is 6.79 Å². The molecule has 0 amide bonds. The van der Waals surface area contributed by atoms with Gasteiger partial charge in [-0.25, -0.2) is 0 Å². The fourth-order valence-electron chi connectivity index (χ4n) is 0.426. The average molecular weight is 129 g/mol. The van der Waals surface area contributed by atoms with Crippen molar-refractivity contribution in [1.29, 1.82) is 0 Å². The van der Waals surface area contributed by atoms with Gasteiger partial charge in [0.1, 0.15) is 0 Å². The van der Waals surface area contributed by atoms with Crippen LogP contribution in [0.3, 0.4) is 0 Å². The molecule has 0 aliphatic heterocycles. The summed E-state index contributed by atoms with van der Waals surface area (Å²) in [5.74, 6) is 0. The van der Waals surface area contributed by atoms with Crippen molar-refractivity contribution in [3.63, 3.8) is 0 Å². The van der Waals surface area contributed by atoms with Crippen LogP contribution in [0.4, 0.5) is 0 Å². The van der Waals surface area contributed by atoms with Crippen LogP contribution in [-0.2, 0) is 9.47 Å². The maximum Gasteiger partial charge on any atom is 0.209 e. The summed E-state index contributed by atoms with van der Waals surface area (Å²) in [6.07, 6.45) is 3.09. The molecule has 0 aromatic carbocycles. The van der Waals surface area contributed by atoms with Gasteiger partial charge in [0.15, 0.2) is 0 Å². The van der Waals surface area contributed by atoms with E-state index in [4.69, 9.17) is 9.47 Å². The first-order valence-corrected chi connectivity index (χ1v) is 3.41. The lowest BCUT2D eigenvalue weighted by atomic mass is 10.5. The minimum absolute atomic E-state index is 0.240. The van der Waals surface area contributed by atoms with E-state index >= 15 is 0 Å². The minimum Gasteiger partial charge on any atom is -0.345 e. The fourth-order valence-corrected chi connectivity index (χ4v) is 0.426. The van der Waals surface area contributed by atoms with Crippen LogP contribution in [0.25, 0.3) is 0 Å². The minimum atomic E-state index is 0.240. The van der Waals surface area contributed by atoms with E-state index in [9.17, 15) is 0 Å². The van der Waals surface area contributed by atoms with Crippen LogP contribution in [-0.4, -0.2) is 12.2 Å². The summed E-state index contributed by atoms with van der Waals surface area (Å²) in [6.45, 7) is 5.42. The van der Waals surface area contributed by atoms with E-state index in [1.54, 1.807) is 0 Å². The highest BCUT2D eigenvalue weighted by Gasteiger charge is 2.22. The highest BCUT2D eigenvalue weighted by molar-refractivity contribution is 4.73. The number of hydrogen-bond acceptors (Lipinski definition) is 2. The van der Waals surface area contributed by atoms with Gasteiger partial charge in [0.25, 0.3) is 0 Å². The van der Waals surface area contributed by atoms with Crippen molar-refractivity contribution in [2.24, 2.45) is 0 Å². The molecule has 0 aromatic heterocycles. The molecule has 1 aliphatic rings. The molecule has 0 spiro atoms. The quantitative estimate of drug-likeness (QED) is 0.575. The Morgan fingerprint density at radius 1 is 1.44 bits per heavy atom. The first-order chi connectivity index (χ1) is 4.29. The van der Waals surface area contributed by atoms with Crippen LogP contribution in [0.1, 0.15) is 26.7 Å². The summed E-state index contributed by atoms with van der Waals surface area (Å²) in [7, 11) is 0. The second kappa shape index (κ2) is 3.18. The van der Waals surface area contributed by atoms with Crippen molar-refractivity contribution >= 4 is 0 Å². The third kappa shape index (κ3) is 3.49. The summed E-state index contributed by atoms with van der Waals surface area (Å²) < 4.78 is 10.2. The number of ether oxygens (including phenoxy) is 2. The van der Waals surface area contributed by atoms with Crippen LogP contribution in [0.5, 0.6) is 0 Å². The standard InChI is InChI=1S/C7H13O2/c1-6(2)8-5-9-7-3-4-7/h5-7H,3-4H2,1-2H3. The second-order valence-corrected chi connectivity index (χ2v) is 2.62. The molecule has 9 heavy (non-hydrogen) atoms. The SMILES string of the molecule is CC(C)O[CH]OC1CC1. The molecule has 1 fully saturated rings. The molecule has 0 atom stereocenters. The topological polar surface area (TPSA) is 18.5 Å². The van der Waals surface area contributed by atoms with E-state index in [1.807, 2.05) is 13.8 Å². The van der Waals surface area contributed by atoms with Gasteiger partial charge < -0.3 is 9.47 Å². The molecule has 1 rings (SSSR count). The fraction of sp³-hybridized carbons (Fsp3) is 0.857. The smallest absolute Gasteiger partial charge is 0.209 e. The highest BCUT2D eigenvalue weighted by atomic mass is 16.7. The average Bonchev–Trinajstić information content (AvgIpc) is 2.48. The summed E-state index contributed by atoms with van der Waals surface area (Å²) in [4.78, 5) is 0. The summed E-state index contributed by atoms with van der Waals surface area (Å²) >= 11 is 0. The van der Waals surface area contributed by atoms with Gasteiger partial charge in [0.2, 0.25) is 6.79 Å². The number of hydrogen-bond donors (Lipinski definition) is 0. The van der Waals surface area contributed by atoms with Gasteiger partial charge >= 0.3 is 0 Å². The van der Waals surface area contributed by atoms with E-state index in [2.05, 4.69) is 0 Å². The Balaban J connectivity index is 1.81. The molecule has 0 bridgehead atoms. The van der Waals surface area contributed by atoms with Crippen molar-refractivity contribution in [3.8, 4) is 0 Å². The lowest BCUT2D eigenvalue weighted by molar-refractivity contribution is -0.0145. The number of rotatable bonds is 4. The van der Waals surface area contributed by atoms with E-state index in [0.717, 1.165) is 0 Å². The zero-order valence-corrected chi connectivity index (χ0v) is 5.96. The molecule has 1 saturated carbocycles. The molecule has 0 N–H and O–H groups in total. The first-order valence-electron chi connectivity index (χ1n) is 3.41. The van der Waals surface area contributed by atoms with Gasteiger partial charge in [0.05, 0.1) is 12.2 Å². The predicted molar refractivity (Wildman–Crippen MR) is 34.6 cm³/mol. The third-order valence-electron chi connectivity index (χ3n) is 1.10. The molecule has 0 aromatic rings. The molecule has 53 valence electrons. The molecule has 0 saturated heterocycles. The third-order valence-corrected chi connectivity index (χ3v) is 1.10. The van der Waals surface area contributed by atoms with Crippen molar-refractivity contribution < 1.29 is 9.47 Å². The van der Waals surface area contributed by atoms with Crippen molar-refractivity contribution in [2.45, 2.75) is 38.9 Å². The van der Waals surface area contributed by atoms with Crippen LogP contribution < -0.4 is 0 Å². The normalized spacial score (nSPS) is 19.0. The Hall–Kier alpha value is -0.0800. The molecule has 1 radical (unpaired) electrons. The van der Waals surface area contributed by atoms with Crippen LogP contribution >= 0.6 is 0 Å².